The number of Topliss-reactive ketones (excluding diaryl/α,β-unsaturated/α-hetero) is 1. The van der Waals surface area contributed by atoms with E-state index in [1.54, 1.807) is 19.2 Å². The first-order valence-corrected chi connectivity index (χ1v) is 6.75. The van der Waals surface area contributed by atoms with E-state index in [1.165, 1.54) is 13.1 Å². The molecule has 1 amide bonds. The van der Waals surface area contributed by atoms with Crippen molar-refractivity contribution in [3.8, 4) is 5.75 Å². The zero-order chi connectivity index (χ0) is 14.7. The second-order valence-electron chi connectivity index (χ2n) is 4.22. The Balaban J connectivity index is 2.17. The lowest BCUT2D eigenvalue weighted by atomic mass is 10.1. The molecule has 0 aliphatic carbocycles. The number of aromatic nitrogens is 1. The van der Waals surface area contributed by atoms with Gasteiger partial charge in [0.25, 0.3) is 5.91 Å². The van der Waals surface area contributed by atoms with Gasteiger partial charge in [0.2, 0.25) is 0 Å². The Bertz CT molecular complexity index is 664. The minimum atomic E-state index is -0.284. The molecule has 0 atom stereocenters. The van der Waals surface area contributed by atoms with Gasteiger partial charge in [-0.25, -0.2) is 4.98 Å². The van der Waals surface area contributed by atoms with E-state index in [-0.39, 0.29) is 11.7 Å². The van der Waals surface area contributed by atoms with Crippen molar-refractivity contribution in [2.24, 2.45) is 0 Å². The molecule has 6 heteroatoms. The molecule has 20 heavy (non-hydrogen) atoms. The van der Waals surface area contributed by atoms with Gasteiger partial charge in [0, 0.05) is 12.5 Å². The molecule has 1 heterocycles. The van der Waals surface area contributed by atoms with Gasteiger partial charge in [0.15, 0.2) is 10.9 Å². The van der Waals surface area contributed by atoms with Gasteiger partial charge < -0.3 is 4.74 Å². The fourth-order valence-corrected chi connectivity index (χ4v) is 2.33. The lowest BCUT2D eigenvalue weighted by Gasteiger charge is -2.07. The van der Waals surface area contributed by atoms with Crippen LogP contribution in [0.15, 0.2) is 24.4 Å². The van der Waals surface area contributed by atoms with Crippen molar-refractivity contribution >= 4 is 28.2 Å². The largest absolute Gasteiger partial charge is 0.496 e. The van der Waals surface area contributed by atoms with Gasteiger partial charge in [0.05, 0.1) is 18.2 Å². The number of ether oxygens (including phenoxy) is 1. The van der Waals surface area contributed by atoms with Crippen molar-refractivity contribution in [1.29, 1.82) is 0 Å². The SMILES string of the molecule is COc1cc(C(=O)Nc2ncc(C(C)=O)s2)ccc1C. The maximum atomic E-state index is 12.1. The van der Waals surface area contributed by atoms with Crippen LogP contribution in [0.5, 0.6) is 5.75 Å². The van der Waals surface area contributed by atoms with E-state index < -0.39 is 0 Å². The number of ketones is 1. The van der Waals surface area contributed by atoms with Crippen molar-refractivity contribution in [2.45, 2.75) is 13.8 Å². The van der Waals surface area contributed by atoms with Crippen LogP contribution in [0.3, 0.4) is 0 Å². The van der Waals surface area contributed by atoms with E-state index in [2.05, 4.69) is 10.3 Å². The number of anilines is 1. The lowest BCUT2D eigenvalue weighted by Crippen LogP contribution is -2.11. The number of nitrogens with one attached hydrogen (secondary N) is 1. The summed E-state index contributed by atoms with van der Waals surface area (Å²) in [4.78, 5) is 27.8. The molecular weight excluding hydrogens is 276 g/mol. The van der Waals surface area contributed by atoms with Crippen molar-refractivity contribution in [2.75, 3.05) is 12.4 Å². The number of benzene rings is 1. The van der Waals surface area contributed by atoms with E-state index in [9.17, 15) is 9.59 Å². The van der Waals surface area contributed by atoms with E-state index in [0.29, 0.717) is 21.3 Å². The van der Waals surface area contributed by atoms with Crippen LogP contribution in [0, 0.1) is 6.92 Å². The second-order valence-corrected chi connectivity index (χ2v) is 5.26. The van der Waals surface area contributed by atoms with Gasteiger partial charge in [-0.15, -0.1) is 0 Å². The Morgan fingerprint density at radius 2 is 2.10 bits per heavy atom. The second kappa shape index (κ2) is 5.83. The zero-order valence-corrected chi connectivity index (χ0v) is 12.2. The quantitative estimate of drug-likeness (QED) is 0.879. The van der Waals surface area contributed by atoms with Gasteiger partial charge >= 0.3 is 0 Å². The van der Waals surface area contributed by atoms with Crippen LogP contribution in [0.4, 0.5) is 5.13 Å². The van der Waals surface area contributed by atoms with Crippen LogP contribution in [0.1, 0.15) is 32.5 Å². The topological polar surface area (TPSA) is 68.3 Å². The number of hydrogen-bond acceptors (Lipinski definition) is 5. The molecule has 2 aromatic rings. The minimum absolute atomic E-state index is 0.0694. The minimum Gasteiger partial charge on any atom is -0.496 e. The number of nitrogens with zero attached hydrogens (tertiary/aromatic N) is 1. The molecule has 0 radical (unpaired) electrons. The third kappa shape index (κ3) is 3.03. The van der Waals surface area contributed by atoms with Crippen molar-refractivity contribution in [1.82, 2.24) is 4.98 Å². The van der Waals surface area contributed by atoms with Crippen LogP contribution >= 0.6 is 11.3 Å². The van der Waals surface area contributed by atoms with Crippen molar-refractivity contribution < 1.29 is 14.3 Å². The molecular formula is C14H14N2O3S. The molecule has 0 spiro atoms. The Hall–Kier alpha value is -2.21. The van der Waals surface area contributed by atoms with Crippen molar-refractivity contribution in [3.05, 3.63) is 40.4 Å². The Morgan fingerprint density at radius 1 is 1.35 bits per heavy atom. The molecule has 0 unspecified atom stereocenters. The summed E-state index contributed by atoms with van der Waals surface area (Å²) in [6.07, 6.45) is 1.46. The summed E-state index contributed by atoms with van der Waals surface area (Å²) in [6, 6.07) is 5.20. The molecule has 1 aromatic heterocycles. The third-order valence-electron chi connectivity index (χ3n) is 2.74. The molecule has 0 aliphatic heterocycles. The van der Waals surface area contributed by atoms with E-state index >= 15 is 0 Å². The molecule has 1 aromatic carbocycles. The molecule has 5 nitrogen and oxygen atoms in total. The first kappa shape index (κ1) is 14.2. The van der Waals surface area contributed by atoms with Crippen LogP contribution in [0.25, 0.3) is 0 Å². The summed E-state index contributed by atoms with van der Waals surface area (Å²) in [5, 5.41) is 3.07. The highest BCUT2D eigenvalue weighted by atomic mass is 32.1. The first-order chi connectivity index (χ1) is 9.51. The van der Waals surface area contributed by atoms with Crippen LogP contribution in [-0.4, -0.2) is 23.8 Å². The van der Waals surface area contributed by atoms with Crippen molar-refractivity contribution in [3.63, 3.8) is 0 Å². The number of hydrogen-bond donors (Lipinski definition) is 1. The van der Waals surface area contributed by atoms with Crippen LogP contribution < -0.4 is 10.1 Å². The zero-order valence-electron chi connectivity index (χ0n) is 11.4. The number of carbonyl (C=O) groups excluding carboxylic acids is 2. The van der Waals surface area contributed by atoms with Gasteiger partial charge in [-0.1, -0.05) is 17.4 Å². The summed E-state index contributed by atoms with van der Waals surface area (Å²) < 4.78 is 5.18. The number of aryl methyl sites for hydroxylation is 1. The van der Waals surface area contributed by atoms with Gasteiger partial charge in [-0.2, -0.15) is 0 Å². The molecule has 0 saturated carbocycles. The molecule has 0 aliphatic rings. The highest BCUT2D eigenvalue weighted by Gasteiger charge is 2.12. The van der Waals surface area contributed by atoms with Gasteiger partial charge in [0.1, 0.15) is 5.75 Å². The maximum Gasteiger partial charge on any atom is 0.257 e. The summed E-state index contributed by atoms with van der Waals surface area (Å²) in [6.45, 7) is 3.37. The number of thiazole rings is 1. The maximum absolute atomic E-state index is 12.1. The number of amides is 1. The highest BCUT2D eigenvalue weighted by molar-refractivity contribution is 7.17. The fraction of sp³-hybridized carbons (Fsp3) is 0.214. The summed E-state index contributed by atoms with van der Waals surface area (Å²) in [5.41, 5.74) is 1.43. The predicted molar refractivity (Wildman–Crippen MR) is 77.8 cm³/mol. The monoisotopic (exact) mass is 290 g/mol. The van der Waals surface area contributed by atoms with Gasteiger partial charge in [-0.3, -0.25) is 14.9 Å². The first-order valence-electron chi connectivity index (χ1n) is 5.94. The Kier molecular flexibility index (Phi) is 4.14. The standard InChI is InChI=1S/C14H14N2O3S/c1-8-4-5-10(6-11(8)19-3)13(18)16-14-15-7-12(20-14)9(2)17/h4-7H,1-3H3,(H,15,16,18). The molecule has 0 fully saturated rings. The Morgan fingerprint density at radius 3 is 2.70 bits per heavy atom. The lowest BCUT2D eigenvalue weighted by molar-refractivity contribution is 0.101. The van der Waals surface area contributed by atoms with E-state index in [4.69, 9.17) is 4.74 Å². The third-order valence-corrected chi connectivity index (χ3v) is 3.76. The number of rotatable bonds is 4. The summed E-state index contributed by atoms with van der Waals surface area (Å²) in [5.74, 6) is 0.300. The van der Waals surface area contributed by atoms with E-state index in [1.807, 2.05) is 13.0 Å². The molecule has 104 valence electrons. The highest BCUT2D eigenvalue weighted by Crippen LogP contribution is 2.22. The number of carbonyl (C=O) groups is 2. The summed E-state index contributed by atoms with van der Waals surface area (Å²) >= 11 is 1.15. The Labute approximate surface area is 120 Å². The molecule has 1 N–H and O–H groups in total. The van der Waals surface area contributed by atoms with Crippen LogP contribution in [0.2, 0.25) is 0 Å². The van der Waals surface area contributed by atoms with Gasteiger partial charge in [-0.05, 0) is 24.6 Å². The average molecular weight is 290 g/mol. The normalized spacial score (nSPS) is 10.2. The van der Waals surface area contributed by atoms with E-state index in [0.717, 1.165) is 16.9 Å². The molecule has 2 rings (SSSR count). The fourth-order valence-electron chi connectivity index (χ4n) is 1.63. The predicted octanol–water partition coefficient (Wildman–Crippen LogP) is 2.92. The number of methoxy groups -OCH3 is 1. The average Bonchev–Trinajstić information content (AvgIpc) is 2.88. The molecule has 0 bridgehead atoms. The van der Waals surface area contributed by atoms with Crippen LogP contribution in [-0.2, 0) is 0 Å². The molecule has 0 saturated heterocycles. The smallest absolute Gasteiger partial charge is 0.257 e. The summed E-state index contributed by atoms with van der Waals surface area (Å²) in [7, 11) is 1.56.